The van der Waals surface area contributed by atoms with Crippen molar-refractivity contribution in [3.05, 3.63) is 12.2 Å². The quantitative estimate of drug-likeness (QED) is 0.436. The Morgan fingerprint density at radius 1 is 1.22 bits per heavy atom. The largest absolute Gasteiger partial charge is 0.462 e. The lowest BCUT2D eigenvalue weighted by Crippen LogP contribution is -2.48. The van der Waals surface area contributed by atoms with Crippen molar-refractivity contribution in [1.29, 1.82) is 5.26 Å². The number of hydrogen-bond acceptors (Lipinski definition) is 3. The van der Waals surface area contributed by atoms with E-state index in [2.05, 4.69) is 0 Å². The molecule has 3 nitrogen and oxygen atoms in total. The molecule has 0 aromatic heterocycles. The van der Waals surface area contributed by atoms with Gasteiger partial charge in [-0.2, -0.15) is 5.26 Å². The van der Waals surface area contributed by atoms with Crippen LogP contribution in [0, 0.1) is 34.5 Å². The molecule has 4 bridgehead atoms. The second-order valence-electron chi connectivity index (χ2n) is 6.49. The molecule has 0 aliphatic heterocycles. The van der Waals surface area contributed by atoms with Crippen LogP contribution < -0.4 is 0 Å². The number of allylic oxidation sites excluding steroid dienone is 1. The maximum absolute atomic E-state index is 11.4. The molecule has 0 spiro atoms. The maximum Gasteiger partial charge on any atom is 0.331 e. The Balaban J connectivity index is 1.61. The number of esters is 1. The average Bonchev–Trinajstić information content (AvgIpc) is 2.32. The molecule has 96 valence electrons. The highest BCUT2D eigenvalue weighted by molar-refractivity contribution is 5.82. The van der Waals surface area contributed by atoms with Crippen LogP contribution in [0.25, 0.3) is 0 Å². The smallest absolute Gasteiger partial charge is 0.331 e. The SMILES string of the molecule is N#C/C=C\C(=O)OCC12CC3CC(CC(C3)C1)C2. The van der Waals surface area contributed by atoms with Crippen molar-refractivity contribution in [3.63, 3.8) is 0 Å². The lowest BCUT2D eigenvalue weighted by Gasteiger charge is -2.56. The summed E-state index contributed by atoms with van der Waals surface area (Å²) in [5.41, 5.74) is 0.269. The number of nitrogens with zero attached hydrogens (tertiary/aromatic N) is 1. The lowest BCUT2D eigenvalue weighted by molar-refractivity contribution is -0.149. The first-order chi connectivity index (χ1) is 8.69. The summed E-state index contributed by atoms with van der Waals surface area (Å²) in [6, 6.07) is 1.81. The van der Waals surface area contributed by atoms with Crippen molar-refractivity contribution in [2.24, 2.45) is 23.2 Å². The standard InChI is InChI=1S/C15H19NO2/c16-3-1-2-14(17)18-10-15-7-11-4-12(8-15)6-13(5-11)9-15/h1-2,11-13H,4-10H2/b2-1-. The van der Waals surface area contributed by atoms with E-state index in [0.29, 0.717) is 6.61 Å². The van der Waals surface area contributed by atoms with E-state index in [-0.39, 0.29) is 11.4 Å². The zero-order valence-electron chi connectivity index (χ0n) is 10.6. The first-order valence-electron chi connectivity index (χ1n) is 6.92. The van der Waals surface area contributed by atoms with Crippen molar-refractivity contribution in [2.45, 2.75) is 38.5 Å². The Labute approximate surface area is 108 Å². The molecule has 4 rings (SSSR count). The van der Waals surface area contributed by atoms with Crippen LogP contribution in [-0.4, -0.2) is 12.6 Å². The highest BCUT2D eigenvalue weighted by Crippen LogP contribution is 2.59. The van der Waals surface area contributed by atoms with Gasteiger partial charge in [0.1, 0.15) is 0 Å². The number of hydrogen-bond donors (Lipinski definition) is 0. The fraction of sp³-hybridized carbons (Fsp3) is 0.733. The summed E-state index contributed by atoms with van der Waals surface area (Å²) in [7, 11) is 0. The normalized spacial score (nSPS) is 40.9. The Morgan fingerprint density at radius 3 is 2.28 bits per heavy atom. The third kappa shape index (κ3) is 2.16. The summed E-state index contributed by atoms with van der Waals surface area (Å²) in [5, 5.41) is 8.37. The van der Waals surface area contributed by atoms with Gasteiger partial charge >= 0.3 is 5.97 Å². The van der Waals surface area contributed by atoms with Gasteiger partial charge in [0.2, 0.25) is 0 Å². The minimum absolute atomic E-state index is 0.269. The van der Waals surface area contributed by atoms with E-state index in [0.717, 1.165) is 17.8 Å². The van der Waals surface area contributed by atoms with Gasteiger partial charge in [-0.3, -0.25) is 0 Å². The second kappa shape index (κ2) is 4.42. The van der Waals surface area contributed by atoms with E-state index in [1.54, 1.807) is 0 Å². The second-order valence-corrected chi connectivity index (χ2v) is 6.49. The van der Waals surface area contributed by atoms with Crippen molar-refractivity contribution < 1.29 is 9.53 Å². The molecule has 3 heteroatoms. The molecular weight excluding hydrogens is 226 g/mol. The summed E-state index contributed by atoms with van der Waals surface area (Å²) in [6.07, 6.45) is 10.4. The molecule has 4 saturated carbocycles. The number of carbonyl (C=O) groups excluding carboxylic acids is 1. The van der Waals surface area contributed by atoms with Gasteiger partial charge in [0.15, 0.2) is 0 Å². The van der Waals surface area contributed by atoms with E-state index in [4.69, 9.17) is 10.00 Å². The summed E-state index contributed by atoms with van der Waals surface area (Å²) in [6.45, 7) is 0.561. The van der Waals surface area contributed by atoms with Gasteiger partial charge in [0.05, 0.1) is 12.7 Å². The third-order valence-electron chi connectivity index (χ3n) is 4.98. The summed E-state index contributed by atoms with van der Waals surface area (Å²) < 4.78 is 5.35. The van der Waals surface area contributed by atoms with Gasteiger partial charge in [-0.25, -0.2) is 4.79 Å². The van der Waals surface area contributed by atoms with Crippen LogP contribution in [-0.2, 0) is 9.53 Å². The molecule has 18 heavy (non-hydrogen) atoms. The molecule has 0 radical (unpaired) electrons. The first-order valence-corrected chi connectivity index (χ1v) is 6.92. The topological polar surface area (TPSA) is 50.1 Å². The average molecular weight is 245 g/mol. The molecule has 0 saturated heterocycles. The molecular formula is C15H19NO2. The van der Waals surface area contributed by atoms with Gasteiger partial charge in [0, 0.05) is 17.6 Å². The fourth-order valence-corrected chi connectivity index (χ4v) is 4.84. The zero-order valence-corrected chi connectivity index (χ0v) is 10.6. The molecule has 0 amide bonds. The number of ether oxygens (including phenoxy) is 1. The highest BCUT2D eigenvalue weighted by atomic mass is 16.5. The van der Waals surface area contributed by atoms with Crippen LogP contribution in [0.15, 0.2) is 12.2 Å². The summed E-state index contributed by atoms with van der Waals surface area (Å²) in [5.74, 6) is 2.27. The monoisotopic (exact) mass is 245 g/mol. The van der Waals surface area contributed by atoms with Crippen LogP contribution in [0.1, 0.15) is 38.5 Å². The summed E-state index contributed by atoms with van der Waals surface area (Å²) >= 11 is 0. The molecule has 4 aliphatic carbocycles. The van der Waals surface area contributed by atoms with Crippen LogP contribution in [0.5, 0.6) is 0 Å². The highest BCUT2D eigenvalue weighted by Gasteiger charge is 2.51. The molecule has 0 aromatic carbocycles. The molecule has 0 aromatic rings. The van der Waals surface area contributed by atoms with Gasteiger partial charge in [-0.1, -0.05) is 0 Å². The minimum atomic E-state index is -0.368. The molecule has 0 N–H and O–H groups in total. The van der Waals surface area contributed by atoms with Crippen LogP contribution in [0.4, 0.5) is 0 Å². The fourth-order valence-electron chi connectivity index (χ4n) is 4.84. The van der Waals surface area contributed by atoms with E-state index in [1.165, 1.54) is 50.7 Å². The summed E-state index contributed by atoms with van der Waals surface area (Å²) in [4.78, 5) is 11.4. The van der Waals surface area contributed by atoms with Crippen LogP contribution in [0.3, 0.4) is 0 Å². The van der Waals surface area contributed by atoms with Crippen LogP contribution >= 0.6 is 0 Å². The molecule has 0 atom stereocenters. The Bertz CT molecular complexity index is 383. The van der Waals surface area contributed by atoms with Crippen molar-refractivity contribution in [3.8, 4) is 6.07 Å². The van der Waals surface area contributed by atoms with Crippen molar-refractivity contribution >= 4 is 5.97 Å². The van der Waals surface area contributed by atoms with E-state index >= 15 is 0 Å². The van der Waals surface area contributed by atoms with Gasteiger partial charge in [-0.15, -0.1) is 0 Å². The van der Waals surface area contributed by atoms with Gasteiger partial charge in [0.25, 0.3) is 0 Å². The number of nitriles is 1. The predicted octanol–water partition coefficient (Wildman–Crippen LogP) is 2.83. The maximum atomic E-state index is 11.4. The predicted molar refractivity (Wildman–Crippen MR) is 66.3 cm³/mol. The lowest BCUT2D eigenvalue weighted by atomic mass is 9.50. The zero-order chi connectivity index (χ0) is 12.6. The van der Waals surface area contributed by atoms with E-state index in [1.807, 2.05) is 6.07 Å². The minimum Gasteiger partial charge on any atom is -0.462 e. The molecule has 4 fully saturated rings. The van der Waals surface area contributed by atoms with Crippen molar-refractivity contribution in [2.75, 3.05) is 6.61 Å². The Hall–Kier alpha value is -1.30. The Kier molecular flexibility index (Phi) is 2.89. The molecule has 0 unspecified atom stereocenters. The van der Waals surface area contributed by atoms with E-state index < -0.39 is 0 Å². The first kappa shape index (κ1) is 11.8. The van der Waals surface area contributed by atoms with Gasteiger partial charge in [-0.05, 0) is 56.3 Å². The number of carbonyl (C=O) groups is 1. The Morgan fingerprint density at radius 2 is 1.78 bits per heavy atom. The molecule has 0 heterocycles. The van der Waals surface area contributed by atoms with Gasteiger partial charge < -0.3 is 4.74 Å². The van der Waals surface area contributed by atoms with Crippen LogP contribution in [0.2, 0.25) is 0 Å². The molecule has 4 aliphatic rings. The van der Waals surface area contributed by atoms with Crippen molar-refractivity contribution in [1.82, 2.24) is 0 Å². The number of rotatable bonds is 3. The third-order valence-corrected chi connectivity index (χ3v) is 4.98. The van der Waals surface area contributed by atoms with E-state index in [9.17, 15) is 4.79 Å².